The Hall–Kier alpha value is -2.69. The summed E-state index contributed by atoms with van der Waals surface area (Å²) in [7, 11) is 0. The van der Waals surface area contributed by atoms with Crippen molar-refractivity contribution in [2.45, 2.75) is 0 Å². The molecule has 2 aromatic rings. The summed E-state index contributed by atoms with van der Waals surface area (Å²) in [6.45, 7) is 8.08. The van der Waals surface area contributed by atoms with Crippen LogP contribution < -0.4 is 4.74 Å². The van der Waals surface area contributed by atoms with Crippen molar-refractivity contribution in [3.8, 4) is 5.88 Å². The lowest BCUT2D eigenvalue weighted by Crippen LogP contribution is -2.35. The number of aromatic nitrogens is 2. The standard InChI is InChI=1S/C16H17N3O2/c1-3-9-19(10-4-2)15(20)12-21-16-14-8-6-5-7-13(14)11-17-18-16/h3-8,11H,1-2,9-10,12H2. The fourth-order valence-electron chi connectivity index (χ4n) is 1.92. The number of carbonyl (C=O) groups excluding carboxylic acids is 1. The van der Waals surface area contributed by atoms with Crippen LogP contribution >= 0.6 is 0 Å². The van der Waals surface area contributed by atoms with Crippen molar-refractivity contribution in [2.75, 3.05) is 19.7 Å². The first kappa shape index (κ1) is 14.7. The molecule has 0 unspecified atom stereocenters. The van der Waals surface area contributed by atoms with Crippen molar-refractivity contribution in [3.05, 3.63) is 55.8 Å². The normalized spacial score (nSPS) is 10.1. The molecule has 0 N–H and O–H groups in total. The van der Waals surface area contributed by atoms with Gasteiger partial charge in [0.15, 0.2) is 6.61 Å². The average molecular weight is 283 g/mol. The lowest BCUT2D eigenvalue weighted by Gasteiger charge is -2.19. The summed E-state index contributed by atoms with van der Waals surface area (Å²) in [4.78, 5) is 13.7. The van der Waals surface area contributed by atoms with E-state index < -0.39 is 0 Å². The van der Waals surface area contributed by atoms with E-state index in [1.54, 1.807) is 23.2 Å². The van der Waals surface area contributed by atoms with E-state index in [0.29, 0.717) is 19.0 Å². The second-order valence-electron chi connectivity index (χ2n) is 4.40. The number of fused-ring (bicyclic) bond motifs is 1. The Bertz CT molecular complexity index is 640. The van der Waals surface area contributed by atoms with Crippen LogP contribution in [0.25, 0.3) is 10.8 Å². The summed E-state index contributed by atoms with van der Waals surface area (Å²) in [6.07, 6.45) is 4.99. The van der Waals surface area contributed by atoms with Crippen molar-refractivity contribution in [2.24, 2.45) is 0 Å². The van der Waals surface area contributed by atoms with Gasteiger partial charge in [-0.2, -0.15) is 5.10 Å². The van der Waals surface area contributed by atoms with E-state index in [1.807, 2.05) is 24.3 Å². The third-order valence-electron chi connectivity index (χ3n) is 2.92. The van der Waals surface area contributed by atoms with E-state index in [2.05, 4.69) is 23.4 Å². The average Bonchev–Trinajstić information content (AvgIpc) is 2.52. The highest BCUT2D eigenvalue weighted by Gasteiger charge is 2.13. The predicted octanol–water partition coefficient (Wildman–Crippen LogP) is 2.21. The number of nitrogens with zero attached hydrogens (tertiary/aromatic N) is 3. The Labute approximate surface area is 123 Å². The monoisotopic (exact) mass is 283 g/mol. The number of carbonyl (C=O) groups is 1. The van der Waals surface area contributed by atoms with E-state index in [9.17, 15) is 4.79 Å². The predicted molar refractivity (Wildman–Crippen MR) is 82.0 cm³/mol. The van der Waals surface area contributed by atoms with Gasteiger partial charge in [0.1, 0.15) is 0 Å². The summed E-state index contributed by atoms with van der Waals surface area (Å²) >= 11 is 0. The van der Waals surface area contributed by atoms with Crippen LogP contribution in [0.15, 0.2) is 55.8 Å². The fourth-order valence-corrected chi connectivity index (χ4v) is 1.92. The molecular weight excluding hydrogens is 266 g/mol. The first-order chi connectivity index (χ1) is 10.3. The molecule has 0 saturated heterocycles. The second-order valence-corrected chi connectivity index (χ2v) is 4.40. The molecule has 1 aromatic carbocycles. The van der Waals surface area contributed by atoms with Crippen LogP contribution in [0.1, 0.15) is 0 Å². The quantitative estimate of drug-likeness (QED) is 0.731. The molecule has 0 radical (unpaired) electrons. The largest absolute Gasteiger partial charge is 0.466 e. The van der Waals surface area contributed by atoms with Gasteiger partial charge >= 0.3 is 0 Å². The maximum Gasteiger partial charge on any atom is 0.261 e. The summed E-state index contributed by atoms with van der Waals surface area (Å²) in [5.41, 5.74) is 0. The molecule has 5 nitrogen and oxygen atoms in total. The summed E-state index contributed by atoms with van der Waals surface area (Å²) in [5.74, 6) is 0.211. The first-order valence-electron chi connectivity index (χ1n) is 6.59. The van der Waals surface area contributed by atoms with Gasteiger partial charge in [-0.1, -0.05) is 30.4 Å². The Morgan fingerprint density at radius 2 is 1.95 bits per heavy atom. The molecule has 21 heavy (non-hydrogen) atoms. The zero-order valence-corrected chi connectivity index (χ0v) is 11.7. The molecule has 1 amide bonds. The minimum Gasteiger partial charge on any atom is -0.466 e. The number of hydrogen-bond acceptors (Lipinski definition) is 4. The molecule has 0 fully saturated rings. The van der Waals surface area contributed by atoms with Crippen LogP contribution in [0.4, 0.5) is 0 Å². The van der Waals surface area contributed by atoms with Crippen molar-refractivity contribution in [1.82, 2.24) is 15.1 Å². The molecule has 0 saturated carbocycles. The molecule has 0 aliphatic rings. The minimum atomic E-state index is -0.149. The second kappa shape index (κ2) is 7.19. The lowest BCUT2D eigenvalue weighted by atomic mass is 10.2. The fraction of sp³-hybridized carbons (Fsp3) is 0.188. The van der Waals surface area contributed by atoms with Gasteiger partial charge in [-0.3, -0.25) is 4.79 Å². The molecule has 5 heteroatoms. The maximum absolute atomic E-state index is 12.1. The van der Waals surface area contributed by atoms with Gasteiger partial charge in [0, 0.05) is 23.9 Å². The topological polar surface area (TPSA) is 55.3 Å². The Balaban J connectivity index is 2.08. The molecular formula is C16H17N3O2. The van der Waals surface area contributed by atoms with Gasteiger partial charge in [-0.25, -0.2) is 0 Å². The van der Waals surface area contributed by atoms with Gasteiger partial charge in [0.25, 0.3) is 5.91 Å². The number of amides is 1. The van der Waals surface area contributed by atoms with Gasteiger partial charge in [-0.05, 0) is 6.07 Å². The van der Waals surface area contributed by atoms with Gasteiger partial charge in [0.2, 0.25) is 5.88 Å². The number of benzene rings is 1. The van der Waals surface area contributed by atoms with Gasteiger partial charge < -0.3 is 9.64 Å². The van der Waals surface area contributed by atoms with E-state index in [4.69, 9.17) is 4.74 Å². The van der Waals surface area contributed by atoms with E-state index in [-0.39, 0.29) is 12.5 Å². The molecule has 1 heterocycles. The number of hydrogen-bond donors (Lipinski definition) is 0. The Kier molecular flexibility index (Phi) is 5.04. The third kappa shape index (κ3) is 3.66. The zero-order chi connectivity index (χ0) is 15.1. The smallest absolute Gasteiger partial charge is 0.261 e. The molecule has 0 aliphatic heterocycles. The molecule has 108 valence electrons. The molecule has 0 atom stereocenters. The van der Waals surface area contributed by atoms with Crippen LogP contribution in [-0.4, -0.2) is 40.7 Å². The van der Waals surface area contributed by atoms with Gasteiger partial charge in [0.05, 0.1) is 6.20 Å². The lowest BCUT2D eigenvalue weighted by molar-refractivity contribution is -0.132. The molecule has 0 spiro atoms. The molecule has 2 rings (SSSR count). The summed E-state index contributed by atoms with van der Waals surface area (Å²) < 4.78 is 5.52. The van der Waals surface area contributed by atoms with Crippen molar-refractivity contribution < 1.29 is 9.53 Å². The minimum absolute atomic E-state index is 0.0929. The van der Waals surface area contributed by atoms with Crippen LogP contribution in [0.2, 0.25) is 0 Å². The Morgan fingerprint density at radius 1 is 1.24 bits per heavy atom. The maximum atomic E-state index is 12.1. The SMILES string of the molecule is C=CCN(CC=C)C(=O)COc1nncc2ccccc12. The zero-order valence-electron chi connectivity index (χ0n) is 11.7. The highest BCUT2D eigenvalue weighted by molar-refractivity contribution is 5.86. The summed E-state index contributed by atoms with van der Waals surface area (Å²) in [6, 6.07) is 7.60. The number of ether oxygens (including phenoxy) is 1. The Morgan fingerprint density at radius 3 is 2.67 bits per heavy atom. The highest BCUT2D eigenvalue weighted by Crippen LogP contribution is 2.21. The first-order valence-corrected chi connectivity index (χ1v) is 6.59. The number of rotatable bonds is 7. The van der Waals surface area contributed by atoms with Crippen LogP contribution in [0.3, 0.4) is 0 Å². The van der Waals surface area contributed by atoms with E-state index in [0.717, 1.165) is 10.8 Å². The summed E-state index contributed by atoms with van der Waals surface area (Å²) in [5, 5.41) is 9.58. The van der Waals surface area contributed by atoms with Crippen molar-refractivity contribution in [3.63, 3.8) is 0 Å². The van der Waals surface area contributed by atoms with Crippen LogP contribution in [-0.2, 0) is 4.79 Å². The van der Waals surface area contributed by atoms with E-state index in [1.165, 1.54) is 0 Å². The highest BCUT2D eigenvalue weighted by atomic mass is 16.5. The van der Waals surface area contributed by atoms with Crippen molar-refractivity contribution >= 4 is 16.7 Å². The molecule has 0 bridgehead atoms. The van der Waals surface area contributed by atoms with Crippen LogP contribution in [0, 0.1) is 0 Å². The van der Waals surface area contributed by atoms with Gasteiger partial charge in [-0.15, -0.1) is 18.3 Å². The van der Waals surface area contributed by atoms with E-state index >= 15 is 0 Å². The van der Waals surface area contributed by atoms with Crippen molar-refractivity contribution in [1.29, 1.82) is 0 Å². The molecule has 0 aliphatic carbocycles. The third-order valence-corrected chi connectivity index (χ3v) is 2.92. The molecule has 1 aromatic heterocycles. The van der Waals surface area contributed by atoms with Crippen LogP contribution in [0.5, 0.6) is 5.88 Å².